The number of rotatable bonds is 5. The van der Waals surface area contributed by atoms with Gasteiger partial charge in [-0.2, -0.15) is 0 Å². The maximum atomic E-state index is 12.6. The maximum Gasteiger partial charge on any atom is 0.257 e. The number of carbonyl (C=O) groups excluding carboxylic acids is 2. The first-order chi connectivity index (χ1) is 10.9. The van der Waals surface area contributed by atoms with Crippen LogP contribution in [0.15, 0.2) is 42.5 Å². The summed E-state index contributed by atoms with van der Waals surface area (Å²) < 4.78 is 5.21. The summed E-state index contributed by atoms with van der Waals surface area (Å²) >= 11 is 5.96. The Morgan fingerprint density at radius 1 is 1.17 bits per heavy atom. The van der Waals surface area contributed by atoms with Gasteiger partial charge in [-0.15, -0.1) is 0 Å². The zero-order valence-corrected chi connectivity index (χ0v) is 13.6. The molecule has 0 aliphatic carbocycles. The van der Waals surface area contributed by atoms with Crippen LogP contribution in [0.25, 0.3) is 0 Å². The van der Waals surface area contributed by atoms with Crippen LogP contribution in [-0.4, -0.2) is 30.9 Å². The molecule has 0 unspecified atom stereocenters. The molecule has 5 nitrogen and oxygen atoms in total. The van der Waals surface area contributed by atoms with Crippen molar-refractivity contribution in [2.24, 2.45) is 5.73 Å². The molecule has 2 amide bonds. The molecule has 0 bridgehead atoms. The fourth-order valence-electron chi connectivity index (χ4n) is 2.17. The molecule has 0 spiro atoms. The summed E-state index contributed by atoms with van der Waals surface area (Å²) in [6.45, 7) is 0.382. The number of carbonyl (C=O) groups is 2. The van der Waals surface area contributed by atoms with Gasteiger partial charge in [0.2, 0.25) is 5.91 Å². The van der Waals surface area contributed by atoms with E-state index in [0.717, 1.165) is 5.56 Å². The Labute approximate surface area is 139 Å². The van der Waals surface area contributed by atoms with Crippen LogP contribution in [0, 0.1) is 0 Å². The molecule has 0 atom stereocenters. The van der Waals surface area contributed by atoms with Gasteiger partial charge in [0.15, 0.2) is 0 Å². The lowest BCUT2D eigenvalue weighted by molar-refractivity contribution is 0.0781. The Balaban J connectivity index is 2.17. The van der Waals surface area contributed by atoms with E-state index < -0.39 is 5.91 Å². The molecule has 2 aromatic rings. The van der Waals surface area contributed by atoms with Crippen LogP contribution >= 0.6 is 11.6 Å². The highest BCUT2D eigenvalue weighted by Gasteiger charge is 2.17. The van der Waals surface area contributed by atoms with Crippen molar-refractivity contribution in [1.82, 2.24) is 4.90 Å². The minimum atomic E-state index is -0.482. The molecule has 0 radical (unpaired) electrons. The molecule has 0 aromatic heterocycles. The second-order valence-electron chi connectivity index (χ2n) is 5.07. The van der Waals surface area contributed by atoms with E-state index >= 15 is 0 Å². The third kappa shape index (κ3) is 4.02. The summed E-state index contributed by atoms with van der Waals surface area (Å²) in [5, 5.41) is 0.466. The number of hydrogen-bond donors (Lipinski definition) is 1. The van der Waals surface area contributed by atoms with Gasteiger partial charge in [-0.05, 0) is 35.9 Å². The molecular weight excluding hydrogens is 316 g/mol. The molecule has 0 aliphatic heterocycles. The number of hydrogen-bond acceptors (Lipinski definition) is 3. The van der Waals surface area contributed by atoms with Crippen molar-refractivity contribution in [2.45, 2.75) is 6.54 Å². The second-order valence-corrected chi connectivity index (χ2v) is 5.50. The van der Waals surface area contributed by atoms with E-state index in [1.807, 2.05) is 0 Å². The summed E-state index contributed by atoms with van der Waals surface area (Å²) in [5.74, 6) is -0.219. The highest BCUT2D eigenvalue weighted by molar-refractivity contribution is 6.31. The molecule has 0 saturated carbocycles. The molecule has 6 heteroatoms. The van der Waals surface area contributed by atoms with E-state index in [9.17, 15) is 9.59 Å². The molecule has 0 heterocycles. The molecule has 0 fully saturated rings. The molecule has 2 rings (SSSR count). The number of halogens is 1. The first kappa shape index (κ1) is 16.8. The fraction of sp³-hybridized carbons (Fsp3) is 0.176. The van der Waals surface area contributed by atoms with E-state index in [-0.39, 0.29) is 5.91 Å². The van der Waals surface area contributed by atoms with Gasteiger partial charge in [-0.1, -0.05) is 23.7 Å². The molecule has 2 aromatic carbocycles. The fourth-order valence-corrected chi connectivity index (χ4v) is 2.35. The maximum absolute atomic E-state index is 12.6. The van der Waals surface area contributed by atoms with Gasteiger partial charge in [-0.3, -0.25) is 9.59 Å². The Morgan fingerprint density at radius 2 is 1.83 bits per heavy atom. The van der Waals surface area contributed by atoms with Crippen molar-refractivity contribution in [2.75, 3.05) is 14.2 Å². The summed E-state index contributed by atoms with van der Waals surface area (Å²) in [4.78, 5) is 25.2. The first-order valence-corrected chi connectivity index (χ1v) is 7.28. The average molecular weight is 333 g/mol. The van der Waals surface area contributed by atoms with Crippen LogP contribution in [0.3, 0.4) is 0 Å². The van der Waals surface area contributed by atoms with Crippen molar-refractivity contribution >= 4 is 23.4 Å². The Morgan fingerprint density at radius 3 is 2.39 bits per heavy atom. The predicted molar refractivity (Wildman–Crippen MR) is 88.8 cm³/mol. The molecule has 2 N–H and O–H groups in total. The van der Waals surface area contributed by atoms with Crippen LogP contribution in [0.1, 0.15) is 26.3 Å². The van der Waals surface area contributed by atoms with Gasteiger partial charge in [0, 0.05) is 24.2 Å². The third-order valence-electron chi connectivity index (χ3n) is 3.40. The molecule has 120 valence electrons. The zero-order chi connectivity index (χ0) is 17.0. The number of primary amides is 1. The largest absolute Gasteiger partial charge is 0.496 e. The Kier molecular flexibility index (Phi) is 5.24. The summed E-state index contributed by atoms with van der Waals surface area (Å²) in [6, 6.07) is 11.7. The number of nitrogens with two attached hydrogens (primary N) is 1. The van der Waals surface area contributed by atoms with Gasteiger partial charge < -0.3 is 15.4 Å². The highest BCUT2D eigenvalue weighted by atomic mass is 35.5. The normalized spacial score (nSPS) is 10.2. The van der Waals surface area contributed by atoms with Crippen molar-refractivity contribution in [3.63, 3.8) is 0 Å². The minimum absolute atomic E-state index is 0.205. The van der Waals surface area contributed by atoms with Crippen molar-refractivity contribution in [3.8, 4) is 5.75 Å². The number of methoxy groups -OCH3 is 1. The highest BCUT2D eigenvalue weighted by Crippen LogP contribution is 2.24. The van der Waals surface area contributed by atoms with Crippen molar-refractivity contribution < 1.29 is 14.3 Å². The molecular formula is C17H17ClN2O3. The van der Waals surface area contributed by atoms with Crippen LogP contribution in [0.2, 0.25) is 5.02 Å². The standard InChI is InChI=1S/C17H17ClN2O3/c1-20(10-11-3-5-12(6-4-11)16(19)21)17(22)14-9-13(18)7-8-15(14)23-2/h3-9H,10H2,1-2H3,(H2,19,21). The average Bonchev–Trinajstić information content (AvgIpc) is 2.54. The quantitative estimate of drug-likeness (QED) is 0.915. The van der Waals surface area contributed by atoms with Gasteiger partial charge in [-0.25, -0.2) is 0 Å². The molecule has 0 saturated heterocycles. The van der Waals surface area contributed by atoms with E-state index in [1.165, 1.54) is 7.11 Å². The predicted octanol–water partition coefficient (Wildman–Crippen LogP) is 2.72. The van der Waals surface area contributed by atoms with Crippen LogP contribution in [-0.2, 0) is 6.54 Å². The summed E-state index contributed by atoms with van der Waals surface area (Å²) in [7, 11) is 3.19. The SMILES string of the molecule is COc1ccc(Cl)cc1C(=O)N(C)Cc1ccc(C(N)=O)cc1. The topological polar surface area (TPSA) is 72.6 Å². The van der Waals surface area contributed by atoms with Crippen molar-refractivity contribution in [1.29, 1.82) is 0 Å². The minimum Gasteiger partial charge on any atom is -0.496 e. The van der Waals surface area contributed by atoms with E-state index in [4.69, 9.17) is 22.1 Å². The van der Waals surface area contributed by atoms with E-state index in [1.54, 1.807) is 54.4 Å². The number of benzene rings is 2. The van der Waals surface area contributed by atoms with Gasteiger partial charge in [0.25, 0.3) is 5.91 Å². The lowest BCUT2D eigenvalue weighted by Gasteiger charge is -2.19. The first-order valence-electron chi connectivity index (χ1n) is 6.90. The monoisotopic (exact) mass is 332 g/mol. The smallest absolute Gasteiger partial charge is 0.257 e. The van der Waals surface area contributed by atoms with Gasteiger partial charge in [0.05, 0.1) is 12.7 Å². The number of ether oxygens (including phenoxy) is 1. The lowest BCUT2D eigenvalue weighted by atomic mass is 10.1. The van der Waals surface area contributed by atoms with Crippen LogP contribution in [0.5, 0.6) is 5.75 Å². The Hall–Kier alpha value is -2.53. The summed E-state index contributed by atoms with van der Waals surface area (Å²) in [5.41, 5.74) is 6.92. The van der Waals surface area contributed by atoms with E-state index in [0.29, 0.717) is 28.4 Å². The van der Waals surface area contributed by atoms with Crippen LogP contribution < -0.4 is 10.5 Å². The second kappa shape index (κ2) is 7.15. The Bertz CT molecular complexity index is 729. The number of nitrogens with zero attached hydrogens (tertiary/aromatic N) is 1. The van der Waals surface area contributed by atoms with Crippen molar-refractivity contribution in [3.05, 3.63) is 64.2 Å². The number of amides is 2. The summed E-state index contributed by atoms with van der Waals surface area (Å²) in [6.07, 6.45) is 0. The molecule has 0 aliphatic rings. The van der Waals surface area contributed by atoms with E-state index in [2.05, 4.69) is 0 Å². The lowest BCUT2D eigenvalue weighted by Crippen LogP contribution is -2.26. The van der Waals surface area contributed by atoms with Gasteiger partial charge >= 0.3 is 0 Å². The third-order valence-corrected chi connectivity index (χ3v) is 3.63. The van der Waals surface area contributed by atoms with Crippen LogP contribution in [0.4, 0.5) is 0 Å². The molecule has 23 heavy (non-hydrogen) atoms. The van der Waals surface area contributed by atoms with Gasteiger partial charge in [0.1, 0.15) is 5.75 Å². The zero-order valence-electron chi connectivity index (χ0n) is 12.9.